The van der Waals surface area contributed by atoms with Crippen molar-refractivity contribution in [3.63, 3.8) is 0 Å². The highest BCUT2D eigenvalue weighted by molar-refractivity contribution is 7.15. The van der Waals surface area contributed by atoms with Crippen LogP contribution in [0.4, 0.5) is 11.4 Å². The fourth-order valence-corrected chi connectivity index (χ4v) is 3.11. The minimum atomic E-state index is -0.467. The average Bonchev–Trinajstić information content (AvgIpc) is 2.98. The maximum Gasteiger partial charge on any atom is 0.271 e. The molecule has 0 fully saturated rings. The van der Waals surface area contributed by atoms with E-state index in [4.69, 9.17) is 11.6 Å². The average molecular weight is 323 g/mol. The maximum atomic E-state index is 10.7. The van der Waals surface area contributed by atoms with E-state index in [2.05, 4.69) is 10.3 Å². The number of nitro benzene ring substituents is 1. The van der Waals surface area contributed by atoms with Gasteiger partial charge in [0.05, 0.1) is 33.6 Å². The van der Waals surface area contributed by atoms with E-state index in [0.717, 1.165) is 16.3 Å². The Labute approximate surface area is 129 Å². The van der Waals surface area contributed by atoms with Gasteiger partial charge in [0.15, 0.2) is 4.96 Å². The topological polar surface area (TPSA) is 72.5 Å². The number of fused-ring (bicyclic) bond motifs is 1. The van der Waals surface area contributed by atoms with Crippen molar-refractivity contribution in [2.24, 2.45) is 0 Å². The molecule has 3 rings (SSSR count). The molecule has 0 unspecified atom stereocenters. The second-order valence-corrected chi connectivity index (χ2v) is 5.75. The van der Waals surface area contributed by atoms with Crippen LogP contribution in [0.3, 0.4) is 0 Å². The molecule has 1 N–H and O–H groups in total. The Hall–Kier alpha value is -2.12. The van der Waals surface area contributed by atoms with Crippen LogP contribution in [-0.2, 0) is 6.54 Å². The molecule has 6 nitrogen and oxygen atoms in total. The van der Waals surface area contributed by atoms with Gasteiger partial charge in [-0.2, -0.15) is 0 Å². The third-order valence-corrected chi connectivity index (χ3v) is 4.24. The minimum absolute atomic E-state index is 0.0219. The van der Waals surface area contributed by atoms with Gasteiger partial charge in [0.1, 0.15) is 0 Å². The van der Waals surface area contributed by atoms with Crippen molar-refractivity contribution in [3.05, 3.63) is 56.3 Å². The van der Waals surface area contributed by atoms with Gasteiger partial charge >= 0.3 is 0 Å². The molecule has 0 bridgehead atoms. The molecule has 0 atom stereocenters. The number of hydrogen-bond acceptors (Lipinski definition) is 5. The Bertz CT molecular complexity index is 827. The summed E-state index contributed by atoms with van der Waals surface area (Å²) in [6.07, 6.45) is 1.97. The molecular weight excluding hydrogens is 312 g/mol. The third kappa shape index (κ3) is 2.57. The zero-order chi connectivity index (χ0) is 15.0. The molecule has 3 aromatic rings. The maximum absolute atomic E-state index is 10.7. The minimum Gasteiger partial charge on any atom is -0.378 e. The molecule has 2 aromatic heterocycles. The normalized spacial score (nSPS) is 11.0. The van der Waals surface area contributed by atoms with E-state index < -0.39 is 4.92 Å². The number of nitro groups is 1. The van der Waals surface area contributed by atoms with Crippen molar-refractivity contribution in [3.8, 4) is 0 Å². The second kappa shape index (κ2) is 5.34. The van der Waals surface area contributed by atoms with Gasteiger partial charge < -0.3 is 5.32 Å². The first-order chi connectivity index (χ1) is 10.1. The zero-order valence-electron chi connectivity index (χ0n) is 11.0. The lowest BCUT2D eigenvalue weighted by atomic mass is 10.2. The number of nitrogens with zero attached hydrogens (tertiary/aromatic N) is 3. The second-order valence-electron chi connectivity index (χ2n) is 4.47. The number of aryl methyl sites for hydroxylation is 1. The molecule has 8 heteroatoms. The highest BCUT2D eigenvalue weighted by Gasteiger charge is 2.12. The lowest BCUT2D eigenvalue weighted by Gasteiger charge is -2.08. The number of rotatable bonds is 4. The van der Waals surface area contributed by atoms with Crippen LogP contribution in [0.15, 0.2) is 29.8 Å². The molecule has 0 radical (unpaired) electrons. The summed E-state index contributed by atoms with van der Waals surface area (Å²) in [5.74, 6) is 0. The summed E-state index contributed by atoms with van der Waals surface area (Å²) in [5.41, 5.74) is 2.63. The number of hydrogen-bond donors (Lipinski definition) is 1. The van der Waals surface area contributed by atoms with Gasteiger partial charge in [0.2, 0.25) is 0 Å². The fraction of sp³-hybridized carbons (Fsp3) is 0.154. The number of halogens is 1. The molecule has 21 heavy (non-hydrogen) atoms. The SMILES string of the molecule is Cc1nc2sccn2c1CNc1ccc([N+](=O)[O-])cc1Cl. The first-order valence-electron chi connectivity index (χ1n) is 6.15. The standard InChI is InChI=1S/C13H11ClN4O2S/c1-8-12(17-4-5-21-13(17)16-8)7-15-11-3-2-9(18(19)20)6-10(11)14/h2-6,15H,7H2,1H3. The van der Waals surface area contributed by atoms with Crippen LogP contribution in [-0.4, -0.2) is 14.3 Å². The van der Waals surface area contributed by atoms with Crippen molar-refractivity contribution < 1.29 is 4.92 Å². The number of thiazole rings is 1. The molecule has 0 aliphatic carbocycles. The van der Waals surface area contributed by atoms with Gasteiger partial charge in [0.25, 0.3) is 5.69 Å². The van der Waals surface area contributed by atoms with Gasteiger partial charge in [0, 0.05) is 23.7 Å². The fourth-order valence-electron chi connectivity index (χ4n) is 2.09. The summed E-state index contributed by atoms with van der Waals surface area (Å²) in [5, 5.41) is 16.2. The first kappa shape index (κ1) is 13.8. The summed E-state index contributed by atoms with van der Waals surface area (Å²) in [7, 11) is 0. The number of aromatic nitrogens is 2. The molecule has 1 aromatic carbocycles. The van der Waals surface area contributed by atoms with Crippen LogP contribution in [0.1, 0.15) is 11.4 Å². The van der Waals surface area contributed by atoms with Gasteiger partial charge in [-0.05, 0) is 13.0 Å². The lowest BCUT2D eigenvalue weighted by Crippen LogP contribution is -2.04. The Morgan fingerprint density at radius 1 is 1.52 bits per heavy atom. The molecule has 108 valence electrons. The zero-order valence-corrected chi connectivity index (χ0v) is 12.6. The van der Waals surface area contributed by atoms with Crippen molar-refractivity contribution in [1.82, 2.24) is 9.38 Å². The number of anilines is 1. The smallest absolute Gasteiger partial charge is 0.271 e. The summed E-state index contributed by atoms with van der Waals surface area (Å²) < 4.78 is 2.02. The highest BCUT2D eigenvalue weighted by Crippen LogP contribution is 2.27. The van der Waals surface area contributed by atoms with Crippen molar-refractivity contribution >= 4 is 39.3 Å². The van der Waals surface area contributed by atoms with E-state index in [1.165, 1.54) is 12.1 Å². The van der Waals surface area contributed by atoms with Gasteiger partial charge in [-0.15, -0.1) is 11.3 Å². The number of non-ortho nitro benzene ring substituents is 1. The molecule has 0 aliphatic rings. The molecular formula is C13H11ClN4O2S. The number of nitrogens with one attached hydrogen (secondary N) is 1. The largest absolute Gasteiger partial charge is 0.378 e. The Balaban J connectivity index is 1.83. The monoisotopic (exact) mass is 322 g/mol. The highest BCUT2D eigenvalue weighted by atomic mass is 35.5. The summed E-state index contributed by atoms with van der Waals surface area (Å²) in [6, 6.07) is 4.38. The van der Waals surface area contributed by atoms with Crippen LogP contribution in [0.2, 0.25) is 5.02 Å². The molecule has 0 saturated heterocycles. The van der Waals surface area contributed by atoms with Gasteiger partial charge in [-0.3, -0.25) is 14.5 Å². The van der Waals surface area contributed by atoms with Crippen LogP contribution in [0, 0.1) is 17.0 Å². The van der Waals surface area contributed by atoms with Crippen molar-refractivity contribution in [2.45, 2.75) is 13.5 Å². The number of imidazole rings is 1. The van der Waals surface area contributed by atoms with Crippen LogP contribution in [0.5, 0.6) is 0 Å². The van der Waals surface area contributed by atoms with Crippen molar-refractivity contribution in [1.29, 1.82) is 0 Å². The van der Waals surface area contributed by atoms with Crippen LogP contribution >= 0.6 is 22.9 Å². The van der Waals surface area contributed by atoms with Crippen molar-refractivity contribution in [2.75, 3.05) is 5.32 Å². The van der Waals surface area contributed by atoms with E-state index in [9.17, 15) is 10.1 Å². The predicted octanol–water partition coefficient (Wildman–Crippen LogP) is 3.88. The summed E-state index contributed by atoms with van der Waals surface area (Å²) >= 11 is 7.64. The molecule has 0 spiro atoms. The van der Waals surface area contributed by atoms with E-state index in [0.29, 0.717) is 17.3 Å². The summed E-state index contributed by atoms with van der Waals surface area (Å²) in [4.78, 5) is 15.6. The van der Waals surface area contributed by atoms with E-state index in [1.54, 1.807) is 17.4 Å². The Morgan fingerprint density at radius 3 is 3.05 bits per heavy atom. The summed E-state index contributed by atoms with van der Waals surface area (Å²) in [6.45, 7) is 2.50. The lowest BCUT2D eigenvalue weighted by molar-refractivity contribution is -0.384. The Morgan fingerprint density at radius 2 is 2.33 bits per heavy atom. The van der Waals surface area contributed by atoms with Gasteiger partial charge in [-0.1, -0.05) is 11.6 Å². The van der Waals surface area contributed by atoms with E-state index in [1.807, 2.05) is 22.9 Å². The predicted molar refractivity (Wildman–Crippen MR) is 83.2 cm³/mol. The molecule has 0 aliphatic heterocycles. The van der Waals surface area contributed by atoms with Gasteiger partial charge in [-0.25, -0.2) is 4.98 Å². The molecule has 0 saturated carbocycles. The molecule has 2 heterocycles. The van der Waals surface area contributed by atoms with Crippen LogP contribution < -0.4 is 5.32 Å². The first-order valence-corrected chi connectivity index (χ1v) is 7.41. The van der Waals surface area contributed by atoms with E-state index in [-0.39, 0.29) is 5.69 Å². The molecule has 0 amide bonds. The Kier molecular flexibility index (Phi) is 3.52. The third-order valence-electron chi connectivity index (χ3n) is 3.17. The van der Waals surface area contributed by atoms with E-state index >= 15 is 0 Å². The van der Waals surface area contributed by atoms with Crippen LogP contribution in [0.25, 0.3) is 4.96 Å². The quantitative estimate of drug-likeness (QED) is 0.584. The number of benzene rings is 1.